The molecule has 0 aliphatic carbocycles. The minimum absolute atomic E-state index is 0.109. The second kappa shape index (κ2) is 7.57. The van der Waals surface area contributed by atoms with Crippen molar-refractivity contribution in [2.75, 3.05) is 32.8 Å². The van der Waals surface area contributed by atoms with E-state index in [1.807, 2.05) is 12.1 Å². The lowest BCUT2D eigenvalue weighted by atomic mass is 10.1. The average molecular weight is 363 g/mol. The van der Waals surface area contributed by atoms with Gasteiger partial charge in [-0.05, 0) is 19.1 Å². The smallest absolute Gasteiger partial charge is 0.409 e. The summed E-state index contributed by atoms with van der Waals surface area (Å²) in [6, 6.07) is 7.21. The lowest BCUT2D eigenvalue weighted by Gasteiger charge is -2.34. The Bertz CT molecular complexity index is 752. The third-order valence-corrected chi connectivity index (χ3v) is 4.35. The third kappa shape index (κ3) is 3.76. The zero-order valence-corrected chi connectivity index (χ0v) is 14.6. The first-order valence-corrected chi connectivity index (χ1v) is 8.48. The highest BCUT2D eigenvalue weighted by Gasteiger charge is 2.27. The third-order valence-electron chi connectivity index (χ3n) is 4.10. The number of halogens is 1. The number of rotatable bonds is 3. The van der Waals surface area contributed by atoms with Crippen molar-refractivity contribution in [3.05, 3.63) is 41.0 Å². The van der Waals surface area contributed by atoms with Crippen molar-refractivity contribution in [3.63, 3.8) is 0 Å². The summed E-state index contributed by atoms with van der Waals surface area (Å²) in [7, 11) is 0. The van der Waals surface area contributed by atoms with Crippen LogP contribution in [0.5, 0.6) is 0 Å². The van der Waals surface area contributed by atoms with Crippen molar-refractivity contribution < 1.29 is 14.3 Å². The molecule has 0 radical (unpaired) electrons. The molecule has 3 rings (SSSR count). The minimum Gasteiger partial charge on any atom is -0.450 e. The number of ether oxygens (including phenoxy) is 1. The van der Waals surface area contributed by atoms with E-state index in [1.54, 1.807) is 28.9 Å². The van der Waals surface area contributed by atoms with Crippen LogP contribution in [0.25, 0.3) is 11.3 Å². The average Bonchev–Trinajstić information content (AvgIpc) is 3.12. The number of piperazine rings is 1. The second-order valence-electron chi connectivity index (χ2n) is 5.64. The Balaban J connectivity index is 1.70. The topological polar surface area (TPSA) is 78.5 Å². The highest BCUT2D eigenvalue weighted by Crippen LogP contribution is 2.24. The molecule has 7 nitrogen and oxygen atoms in total. The number of hydrogen-bond donors (Lipinski definition) is 1. The number of aromatic amines is 1. The van der Waals surface area contributed by atoms with E-state index in [0.717, 1.165) is 5.56 Å². The molecule has 25 heavy (non-hydrogen) atoms. The van der Waals surface area contributed by atoms with E-state index in [4.69, 9.17) is 16.3 Å². The lowest BCUT2D eigenvalue weighted by Crippen LogP contribution is -2.50. The number of nitrogens with one attached hydrogen (secondary N) is 1. The van der Waals surface area contributed by atoms with Crippen LogP contribution < -0.4 is 0 Å². The molecule has 2 heterocycles. The van der Waals surface area contributed by atoms with Gasteiger partial charge in [-0.2, -0.15) is 5.10 Å². The van der Waals surface area contributed by atoms with Crippen LogP contribution in [-0.4, -0.2) is 64.8 Å². The van der Waals surface area contributed by atoms with E-state index in [1.165, 1.54) is 6.20 Å². The summed E-state index contributed by atoms with van der Waals surface area (Å²) in [5.41, 5.74) is 2.01. The summed E-state index contributed by atoms with van der Waals surface area (Å²) in [5.74, 6) is -0.109. The van der Waals surface area contributed by atoms with E-state index < -0.39 is 0 Å². The van der Waals surface area contributed by atoms with Crippen molar-refractivity contribution in [3.8, 4) is 11.3 Å². The van der Waals surface area contributed by atoms with Crippen LogP contribution in [0.2, 0.25) is 5.02 Å². The Morgan fingerprint density at radius 3 is 2.44 bits per heavy atom. The molecule has 1 saturated heterocycles. The van der Waals surface area contributed by atoms with Gasteiger partial charge < -0.3 is 14.5 Å². The zero-order valence-electron chi connectivity index (χ0n) is 13.9. The Kier molecular flexibility index (Phi) is 5.23. The van der Waals surface area contributed by atoms with Crippen LogP contribution in [0.15, 0.2) is 30.5 Å². The summed E-state index contributed by atoms with van der Waals surface area (Å²) in [6.07, 6.45) is 1.20. The highest BCUT2D eigenvalue weighted by atomic mass is 35.5. The number of H-pyrrole nitrogens is 1. The van der Waals surface area contributed by atoms with Crippen molar-refractivity contribution >= 4 is 23.6 Å². The number of hydrogen-bond acceptors (Lipinski definition) is 4. The van der Waals surface area contributed by atoms with Crippen LogP contribution in [0, 0.1) is 0 Å². The molecule has 2 amide bonds. The van der Waals surface area contributed by atoms with Gasteiger partial charge in [-0.15, -0.1) is 0 Å². The van der Waals surface area contributed by atoms with Gasteiger partial charge >= 0.3 is 6.09 Å². The molecule has 0 atom stereocenters. The highest BCUT2D eigenvalue weighted by molar-refractivity contribution is 6.30. The summed E-state index contributed by atoms with van der Waals surface area (Å²) >= 11 is 5.92. The van der Waals surface area contributed by atoms with Crippen molar-refractivity contribution in [1.82, 2.24) is 20.0 Å². The van der Waals surface area contributed by atoms with Crippen molar-refractivity contribution in [2.24, 2.45) is 0 Å². The van der Waals surface area contributed by atoms with Gasteiger partial charge in [-0.3, -0.25) is 9.89 Å². The van der Waals surface area contributed by atoms with Gasteiger partial charge in [0.1, 0.15) is 0 Å². The molecule has 2 aromatic rings. The maximum Gasteiger partial charge on any atom is 0.409 e. The second-order valence-corrected chi connectivity index (χ2v) is 6.08. The van der Waals surface area contributed by atoms with Gasteiger partial charge in [0.05, 0.1) is 24.1 Å². The first-order chi connectivity index (χ1) is 12.1. The molecular formula is C17H19ClN4O3. The predicted octanol–water partition coefficient (Wildman–Crippen LogP) is 2.64. The van der Waals surface area contributed by atoms with Crippen molar-refractivity contribution in [2.45, 2.75) is 6.92 Å². The van der Waals surface area contributed by atoms with Crippen LogP contribution >= 0.6 is 11.6 Å². The van der Waals surface area contributed by atoms with Gasteiger partial charge in [-0.25, -0.2) is 4.79 Å². The summed E-state index contributed by atoms with van der Waals surface area (Å²) in [5, 5.41) is 7.53. The largest absolute Gasteiger partial charge is 0.450 e. The Hall–Kier alpha value is -2.54. The fraction of sp³-hybridized carbons (Fsp3) is 0.353. The van der Waals surface area contributed by atoms with Crippen LogP contribution in [0.1, 0.15) is 17.3 Å². The fourth-order valence-corrected chi connectivity index (χ4v) is 2.89. The van der Waals surface area contributed by atoms with Crippen LogP contribution in [0.3, 0.4) is 0 Å². The molecule has 1 aliphatic heterocycles. The maximum atomic E-state index is 12.8. The molecule has 132 valence electrons. The summed E-state index contributed by atoms with van der Waals surface area (Å²) in [6.45, 7) is 3.95. The van der Waals surface area contributed by atoms with Crippen LogP contribution in [0.4, 0.5) is 4.79 Å². The SMILES string of the molecule is CCOC(=O)N1CCN(C(=O)c2cn[nH]c2-c2ccc(Cl)cc2)CC1. The standard InChI is InChI=1S/C17H19ClN4O3/c1-2-25-17(24)22-9-7-21(8-10-22)16(23)14-11-19-20-15(14)12-3-5-13(18)6-4-12/h3-6,11H,2,7-10H2,1H3,(H,19,20). The van der Waals surface area contributed by atoms with Gasteiger partial charge in [0.25, 0.3) is 5.91 Å². The summed E-state index contributed by atoms with van der Waals surface area (Å²) in [4.78, 5) is 27.9. The normalized spacial score (nSPS) is 14.5. The quantitative estimate of drug-likeness (QED) is 0.910. The molecule has 0 spiro atoms. The molecule has 0 saturated carbocycles. The molecule has 0 unspecified atom stereocenters. The van der Waals surface area contributed by atoms with E-state index in [2.05, 4.69) is 10.2 Å². The number of aromatic nitrogens is 2. The Morgan fingerprint density at radius 1 is 1.16 bits per heavy atom. The van der Waals surface area contributed by atoms with Crippen molar-refractivity contribution in [1.29, 1.82) is 0 Å². The molecule has 0 bridgehead atoms. The number of carbonyl (C=O) groups excluding carboxylic acids is 2. The van der Waals surface area contributed by atoms with Gasteiger partial charge in [0, 0.05) is 36.8 Å². The number of carbonyl (C=O) groups is 2. The van der Waals surface area contributed by atoms with Crippen LogP contribution in [-0.2, 0) is 4.74 Å². The number of benzene rings is 1. The molecule has 1 aliphatic rings. The summed E-state index contributed by atoms with van der Waals surface area (Å²) < 4.78 is 4.99. The van der Waals surface area contributed by atoms with E-state index >= 15 is 0 Å². The minimum atomic E-state index is -0.334. The molecule has 1 N–H and O–H groups in total. The zero-order chi connectivity index (χ0) is 17.8. The van der Waals surface area contributed by atoms with Gasteiger partial charge in [0.15, 0.2) is 0 Å². The fourth-order valence-electron chi connectivity index (χ4n) is 2.76. The first kappa shape index (κ1) is 17.3. The lowest BCUT2D eigenvalue weighted by molar-refractivity contribution is 0.0571. The Morgan fingerprint density at radius 2 is 1.80 bits per heavy atom. The van der Waals surface area contributed by atoms with Gasteiger partial charge in [-0.1, -0.05) is 23.7 Å². The Labute approximate surface area is 150 Å². The molecule has 1 aromatic carbocycles. The molecule has 1 fully saturated rings. The first-order valence-electron chi connectivity index (χ1n) is 8.10. The van der Waals surface area contributed by atoms with E-state index in [-0.39, 0.29) is 12.0 Å². The molecule has 8 heteroatoms. The molecule has 1 aromatic heterocycles. The predicted molar refractivity (Wildman–Crippen MR) is 93.5 cm³/mol. The maximum absolute atomic E-state index is 12.8. The van der Waals surface area contributed by atoms with E-state index in [0.29, 0.717) is 49.1 Å². The number of amides is 2. The number of nitrogens with zero attached hydrogens (tertiary/aromatic N) is 3. The monoisotopic (exact) mass is 362 g/mol. The van der Waals surface area contributed by atoms with E-state index in [9.17, 15) is 9.59 Å². The molecular weight excluding hydrogens is 344 g/mol. The van der Waals surface area contributed by atoms with Gasteiger partial charge in [0.2, 0.25) is 0 Å².